The van der Waals surface area contributed by atoms with Crippen molar-refractivity contribution in [3.05, 3.63) is 51.4 Å². The third-order valence-electron chi connectivity index (χ3n) is 3.15. The van der Waals surface area contributed by atoms with Crippen LogP contribution in [0.2, 0.25) is 5.02 Å². The zero-order valence-electron chi connectivity index (χ0n) is 10.3. The van der Waals surface area contributed by atoms with Gasteiger partial charge in [-0.25, -0.2) is 0 Å². The van der Waals surface area contributed by atoms with Crippen LogP contribution in [-0.2, 0) is 6.54 Å². The van der Waals surface area contributed by atoms with Gasteiger partial charge in [-0.15, -0.1) is 11.3 Å². The van der Waals surface area contributed by atoms with Gasteiger partial charge in [-0.1, -0.05) is 17.7 Å². The molecule has 1 fully saturated rings. The minimum absolute atomic E-state index is 0.0194. The summed E-state index contributed by atoms with van der Waals surface area (Å²) in [5.74, 6) is -0.0194. The van der Waals surface area contributed by atoms with E-state index in [1.807, 2.05) is 16.3 Å². The number of carbonyl (C=O) groups excluding carboxylic acids is 1. The summed E-state index contributed by atoms with van der Waals surface area (Å²) < 4.78 is 0. The van der Waals surface area contributed by atoms with Crippen LogP contribution in [0.4, 0.5) is 0 Å². The maximum absolute atomic E-state index is 12.6. The highest BCUT2D eigenvalue weighted by Crippen LogP contribution is 2.31. The van der Waals surface area contributed by atoms with Gasteiger partial charge in [0.2, 0.25) is 0 Å². The van der Waals surface area contributed by atoms with E-state index in [-0.39, 0.29) is 5.91 Å². The molecule has 0 radical (unpaired) electrons. The molecule has 2 aromatic heterocycles. The standard InChI is InChI=1S/C14H13ClN2OS/c15-13-5-6-16-8-12(13)14(18)17(10-3-4-10)9-11-2-1-7-19-11/h1-2,5-8,10H,3-4,9H2. The average molecular weight is 293 g/mol. The molecule has 0 unspecified atom stereocenters. The van der Waals surface area contributed by atoms with Gasteiger partial charge >= 0.3 is 0 Å². The number of thiophene rings is 1. The van der Waals surface area contributed by atoms with Gasteiger partial charge in [-0.2, -0.15) is 0 Å². The van der Waals surface area contributed by atoms with Crippen molar-refractivity contribution in [1.29, 1.82) is 0 Å². The molecule has 19 heavy (non-hydrogen) atoms. The van der Waals surface area contributed by atoms with Crippen LogP contribution < -0.4 is 0 Å². The minimum Gasteiger partial charge on any atom is -0.330 e. The van der Waals surface area contributed by atoms with Gasteiger partial charge in [-0.3, -0.25) is 9.78 Å². The molecule has 2 heterocycles. The molecule has 0 aliphatic heterocycles. The van der Waals surface area contributed by atoms with Crippen LogP contribution in [0.1, 0.15) is 28.1 Å². The van der Waals surface area contributed by atoms with E-state index in [0.717, 1.165) is 12.8 Å². The molecule has 0 saturated heterocycles. The van der Waals surface area contributed by atoms with Crippen molar-refractivity contribution in [2.24, 2.45) is 0 Å². The fraction of sp³-hybridized carbons (Fsp3) is 0.286. The lowest BCUT2D eigenvalue weighted by Gasteiger charge is -2.22. The Labute approximate surface area is 120 Å². The first-order chi connectivity index (χ1) is 9.25. The Morgan fingerprint density at radius 2 is 2.32 bits per heavy atom. The number of carbonyl (C=O) groups is 1. The molecule has 98 valence electrons. The Balaban J connectivity index is 1.84. The number of pyridine rings is 1. The van der Waals surface area contributed by atoms with Crippen molar-refractivity contribution in [3.8, 4) is 0 Å². The molecule has 0 N–H and O–H groups in total. The van der Waals surface area contributed by atoms with E-state index >= 15 is 0 Å². The lowest BCUT2D eigenvalue weighted by Crippen LogP contribution is -2.32. The molecular weight excluding hydrogens is 280 g/mol. The second kappa shape index (κ2) is 5.31. The SMILES string of the molecule is O=C(c1cnccc1Cl)N(Cc1cccs1)C1CC1. The maximum Gasteiger partial charge on any atom is 0.257 e. The Hall–Kier alpha value is -1.39. The summed E-state index contributed by atoms with van der Waals surface area (Å²) in [6.07, 6.45) is 5.30. The minimum atomic E-state index is -0.0194. The molecule has 1 aliphatic rings. The molecule has 1 saturated carbocycles. The fourth-order valence-corrected chi connectivity index (χ4v) is 2.90. The third-order valence-corrected chi connectivity index (χ3v) is 4.34. The summed E-state index contributed by atoms with van der Waals surface area (Å²) in [4.78, 5) is 19.7. The summed E-state index contributed by atoms with van der Waals surface area (Å²) >= 11 is 7.76. The van der Waals surface area contributed by atoms with E-state index in [1.165, 1.54) is 4.88 Å². The highest BCUT2D eigenvalue weighted by atomic mass is 35.5. The van der Waals surface area contributed by atoms with E-state index in [9.17, 15) is 4.79 Å². The molecule has 0 atom stereocenters. The summed E-state index contributed by atoms with van der Waals surface area (Å²) in [6.45, 7) is 0.659. The van der Waals surface area contributed by atoms with E-state index in [0.29, 0.717) is 23.2 Å². The van der Waals surface area contributed by atoms with Crippen molar-refractivity contribution in [3.63, 3.8) is 0 Å². The van der Waals surface area contributed by atoms with Gasteiger partial charge in [-0.05, 0) is 30.4 Å². The average Bonchev–Trinajstić information content (AvgIpc) is 3.13. The van der Waals surface area contributed by atoms with Crippen LogP contribution in [0.25, 0.3) is 0 Å². The zero-order chi connectivity index (χ0) is 13.2. The number of amides is 1. The second-order valence-electron chi connectivity index (χ2n) is 4.60. The van der Waals surface area contributed by atoms with E-state index in [4.69, 9.17) is 11.6 Å². The lowest BCUT2D eigenvalue weighted by atomic mass is 10.2. The van der Waals surface area contributed by atoms with Gasteiger partial charge < -0.3 is 4.90 Å². The van der Waals surface area contributed by atoms with Crippen molar-refractivity contribution in [2.45, 2.75) is 25.4 Å². The molecule has 0 spiro atoms. The van der Waals surface area contributed by atoms with E-state index in [1.54, 1.807) is 29.8 Å². The number of hydrogen-bond acceptors (Lipinski definition) is 3. The van der Waals surface area contributed by atoms with Crippen molar-refractivity contribution in [1.82, 2.24) is 9.88 Å². The van der Waals surface area contributed by atoms with Crippen LogP contribution in [-0.4, -0.2) is 21.8 Å². The number of rotatable bonds is 4. The van der Waals surface area contributed by atoms with Crippen LogP contribution in [0.15, 0.2) is 36.0 Å². The summed E-state index contributed by atoms with van der Waals surface area (Å²) in [7, 11) is 0. The Morgan fingerprint density at radius 3 is 2.95 bits per heavy atom. The molecule has 3 nitrogen and oxygen atoms in total. The van der Waals surface area contributed by atoms with Gasteiger partial charge in [0.1, 0.15) is 0 Å². The predicted molar refractivity (Wildman–Crippen MR) is 76.5 cm³/mol. The van der Waals surface area contributed by atoms with Crippen molar-refractivity contribution >= 4 is 28.8 Å². The van der Waals surface area contributed by atoms with Gasteiger partial charge in [0.25, 0.3) is 5.91 Å². The van der Waals surface area contributed by atoms with Gasteiger partial charge in [0.15, 0.2) is 0 Å². The number of hydrogen-bond donors (Lipinski definition) is 0. The highest BCUT2D eigenvalue weighted by Gasteiger charge is 2.34. The highest BCUT2D eigenvalue weighted by molar-refractivity contribution is 7.09. The number of aromatic nitrogens is 1. The van der Waals surface area contributed by atoms with Crippen molar-refractivity contribution < 1.29 is 4.79 Å². The van der Waals surface area contributed by atoms with Crippen LogP contribution >= 0.6 is 22.9 Å². The summed E-state index contributed by atoms with van der Waals surface area (Å²) in [6, 6.07) is 6.07. The monoisotopic (exact) mass is 292 g/mol. The Kier molecular flexibility index (Phi) is 3.53. The second-order valence-corrected chi connectivity index (χ2v) is 6.04. The Morgan fingerprint density at radius 1 is 1.47 bits per heavy atom. The predicted octanol–water partition coefficient (Wildman–Crippen LogP) is 3.60. The zero-order valence-corrected chi connectivity index (χ0v) is 11.8. The van der Waals surface area contributed by atoms with E-state index in [2.05, 4.69) is 11.1 Å². The first-order valence-corrected chi connectivity index (χ1v) is 7.44. The Bertz CT molecular complexity index is 581. The molecular formula is C14H13ClN2OS. The molecule has 2 aromatic rings. The smallest absolute Gasteiger partial charge is 0.257 e. The molecule has 5 heteroatoms. The molecule has 0 aromatic carbocycles. The van der Waals surface area contributed by atoms with Crippen LogP contribution in [0.3, 0.4) is 0 Å². The quantitative estimate of drug-likeness (QED) is 0.862. The first kappa shape index (κ1) is 12.6. The lowest BCUT2D eigenvalue weighted by molar-refractivity contribution is 0.0731. The first-order valence-electron chi connectivity index (χ1n) is 6.18. The topological polar surface area (TPSA) is 33.2 Å². The van der Waals surface area contributed by atoms with E-state index < -0.39 is 0 Å². The van der Waals surface area contributed by atoms with Crippen molar-refractivity contribution in [2.75, 3.05) is 0 Å². The third kappa shape index (κ3) is 2.80. The van der Waals surface area contributed by atoms with Gasteiger partial charge in [0.05, 0.1) is 17.1 Å². The van der Waals surface area contributed by atoms with Gasteiger partial charge in [0, 0.05) is 23.3 Å². The fourth-order valence-electron chi connectivity index (χ4n) is 2.01. The normalized spacial score (nSPS) is 14.4. The molecule has 1 amide bonds. The summed E-state index contributed by atoms with van der Waals surface area (Å²) in [5.41, 5.74) is 0.493. The number of halogens is 1. The molecule has 3 rings (SSSR count). The molecule has 0 bridgehead atoms. The van der Waals surface area contributed by atoms with Crippen LogP contribution in [0, 0.1) is 0 Å². The number of nitrogens with zero attached hydrogens (tertiary/aromatic N) is 2. The largest absolute Gasteiger partial charge is 0.330 e. The summed E-state index contributed by atoms with van der Waals surface area (Å²) in [5, 5.41) is 2.50. The molecule has 1 aliphatic carbocycles. The maximum atomic E-state index is 12.6. The van der Waals surface area contributed by atoms with Crippen LogP contribution in [0.5, 0.6) is 0 Å².